The van der Waals surface area contributed by atoms with E-state index in [0.717, 1.165) is 29.8 Å². The first kappa shape index (κ1) is 20.3. The standard InChI is InChI=1S/C26H28N2O2S/c1-30-21-11-9-19(10-12-21)25(18-5-3-2-4-6-18)27-24(29)17-28-15-13-23-22(14-16-31-23)26(28)20-7-8-20/h2-6,9-12,14,16,20,25-26H,7-8,13,15,17H2,1H3,(H,27,29)/t25-,26-/m0/s1. The molecule has 1 amide bonds. The summed E-state index contributed by atoms with van der Waals surface area (Å²) >= 11 is 1.87. The van der Waals surface area contributed by atoms with E-state index in [4.69, 9.17) is 4.74 Å². The molecule has 0 radical (unpaired) electrons. The molecule has 0 unspecified atom stereocenters. The summed E-state index contributed by atoms with van der Waals surface area (Å²) < 4.78 is 5.31. The number of carbonyl (C=O) groups excluding carboxylic acids is 1. The fourth-order valence-corrected chi connectivity index (χ4v) is 5.64. The maximum atomic E-state index is 13.3. The highest BCUT2D eigenvalue weighted by atomic mass is 32.1. The lowest BCUT2D eigenvalue weighted by Crippen LogP contribution is -2.44. The van der Waals surface area contributed by atoms with Gasteiger partial charge in [-0.3, -0.25) is 9.69 Å². The van der Waals surface area contributed by atoms with E-state index in [1.54, 1.807) is 7.11 Å². The monoisotopic (exact) mass is 432 g/mol. The van der Waals surface area contributed by atoms with Crippen molar-refractivity contribution in [1.82, 2.24) is 10.2 Å². The largest absolute Gasteiger partial charge is 0.497 e. The molecular formula is C26H28N2O2S. The first-order chi connectivity index (χ1) is 15.2. The molecule has 3 aromatic rings. The highest BCUT2D eigenvalue weighted by Crippen LogP contribution is 2.48. The fraction of sp³-hybridized carbons (Fsp3) is 0.346. The van der Waals surface area contributed by atoms with E-state index in [1.165, 1.54) is 23.3 Å². The molecule has 0 bridgehead atoms. The quantitative estimate of drug-likeness (QED) is 0.573. The zero-order chi connectivity index (χ0) is 21.2. The molecule has 2 atom stereocenters. The van der Waals surface area contributed by atoms with Crippen LogP contribution in [-0.2, 0) is 11.2 Å². The molecule has 0 saturated heterocycles. The summed E-state index contributed by atoms with van der Waals surface area (Å²) in [6.07, 6.45) is 3.59. The molecule has 0 spiro atoms. The van der Waals surface area contributed by atoms with Crippen LogP contribution in [0, 0.1) is 5.92 Å². The third-order valence-corrected chi connectivity index (χ3v) is 7.42. The zero-order valence-electron chi connectivity index (χ0n) is 17.8. The number of rotatable bonds is 7. The number of amides is 1. The molecule has 1 saturated carbocycles. The Hall–Kier alpha value is -2.63. The lowest BCUT2D eigenvalue weighted by Gasteiger charge is -2.36. The maximum absolute atomic E-state index is 13.3. The number of ether oxygens (including phenoxy) is 1. The van der Waals surface area contributed by atoms with Gasteiger partial charge in [0.25, 0.3) is 0 Å². The Kier molecular flexibility index (Phi) is 5.79. The predicted octanol–water partition coefficient (Wildman–Crippen LogP) is 4.97. The number of carbonyl (C=O) groups is 1. The van der Waals surface area contributed by atoms with Gasteiger partial charge in [-0.1, -0.05) is 42.5 Å². The van der Waals surface area contributed by atoms with Gasteiger partial charge >= 0.3 is 0 Å². The number of nitrogens with zero attached hydrogens (tertiary/aromatic N) is 1. The van der Waals surface area contributed by atoms with Crippen molar-refractivity contribution < 1.29 is 9.53 Å². The van der Waals surface area contributed by atoms with Crippen molar-refractivity contribution in [2.75, 3.05) is 20.2 Å². The lowest BCUT2D eigenvalue weighted by molar-refractivity contribution is -0.123. The van der Waals surface area contributed by atoms with Gasteiger partial charge in [-0.25, -0.2) is 0 Å². The number of hydrogen-bond acceptors (Lipinski definition) is 4. The lowest BCUT2D eigenvalue weighted by atomic mass is 9.95. The van der Waals surface area contributed by atoms with Crippen LogP contribution >= 0.6 is 11.3 Å². The molecule has 1 aromatic heterocycles. The van der Waals surface area contributed by atoms with Crippen LogP contribution in [0.25, 0.3) is 0 Å². The van der Waals surface area contributed by atoms with Crippen LogP contribution in [0.5, 0.6) is 5.75 Å². The Balaban J connectivity index is 1.35. The highest BCUT2D eigenvalue weighted by molar-refractivity contribution is 7.10. The number of hydrogen-bond donors (Lipinski definition) is 1. The van der Waals surface area contributed by atoms with Gasteiger partial charge in [-0.05, 0) is 65.4 Å². The molecule has 1 fully saturated rings. The summed E-state index contributed by atoms with van der Waals surface area (Å²) in [6, 6.07) is 20.6. The van der Waals surface area contributed by atoms with Crippen LogP contribution in [0.3, 0.4) is 0 Å². The van der Waals surface area contributed by atoms with Crippen LogP contribution in [0.1, 0.15) is 46.5 Å². The summed E-state index contributed by atoms with van der Waals surface area (Å²) in [5.41, 5.74) is 3.60. The number of nitrogens with one attached hydrogen (secondary N) is 1. The molecule has 2 heterocycles. The average molecular weight is 433 g/mol. The van der Waals surface area contributed by atoms with Gasteiger partial charge in [0.1, 0.15) is 5.75 Å². The van der Waals surface area contributed by atoms with E-state index in [-0.39, 0.29) is 11.9 Å². The third kappa shape index (κ3) is 4.39. The first-order valence-corrected chi connectivity index (χ1v) is 11.9. The minimum absolute atomic E-state index is 0.0778. The number of methoxy groups -OCH3 is 1. The van der Waals surface area contributed by atoms with Crippen LogP contribution in [0.4, 0.5) is 0 Å². The zero-order valence-corrected chi connectivity index (χ0v) is 18.6. The minimum atomic E-state index is -0.180. The van der Waals surface area contributed by atoms with Crippen LogP contribution < -0.4 is 10.1 Å². The van der Waals surface area contributed by atoms with Crippen molar-refractivity contribution in [3.63, 3.8) is 0 Å². The van der Waals surface area contributed by atoms with Gasteiger partial charge in [0.2, 0.25) is 5.91 Å². The maximum Gasteiger partial charge on any atom is 0.234 e. The predicted molar refractivity (Wildman–Crippen MR) is 124 cm³/mol. The van der Waals surface area contributed by atoms with Gasteiger partial charge < -0.3 is 10.1 Å². The number of thiophene rings is 1. The van der Waals surface area contributed by atoms with Gasteiger partial charge in [0, 0.05) is 17.5 Å². The smallest absolute Gasteiger partial charge is 0.234 e. The highest BCUT2D eigenvalue weighted by Gasteiger charge is 2.40. The summed E-state index contributed by atoms with van der Waals surface area (Å²) in [4.78, 5) is 17.2. The van der Waals surface area contributed by atoms with Crippen molar-refractivity contribution in [2.45, 2.75) is 31.3 Å². The van der Waals surface area contributed by atoms with E-state index < -0.39 is 0 Å². The Labute approximate surface area is 187 Å². The molecule has 5 heteroatoms. The van der Waals surface area contributed by atoms with Crippen molar-refractivity contribution >= 4 is 17.2 Å². The topological polar surface area (TPSA) is 41.6 Å². The molecular weight excluding hydrogens is 404 g/mol. The number of fused-ring (bicyclic) bond motifs is 1. The summed E-state index contributed by atoms with van der Waals surface area (Å²) in [7, 11) is 1.67. The van der Waals surface area contributed by atoms with E-state index in [0.29, 0.717) is 18.5 Å². The Morgan fingerprint density at radius 1 is 1.10 bits per heavy atom. The molecule has 1 aliphatic heterocycles. The molecule has 1 N–H and O–H groups in total. The normalized spacial score (nSPS) is 19.5. The molecule has 160 valence electrons. The molecule has 2 aliphatic rings. The SMILES string of the molecule is COc1ccc([C@@H](NC(=O)CN2CCc3sccc3[C@@H]2C2CC2)c2ccccc2)cc1. The Morgan fingerprint density at radius 3 is 2.55 bits per heavy atom. The summed E-state index contributed by atoms with van der Waals surface area (Å²) in [5, 5.41) is 5.52. The van der Waals surface area contributed by atoms with Crippen LogP contribution in [-0.4, -0.2) is 31.0 Å². The van der Waals surface area contributed by atoms with Gasteiger partial charge in [-0.15, -0.1) is 11.3 Å². The van der Waals surface area contributed by atoms with E-state index >= 15 is 0 Å². The van der Waals surface area contributed by atoms with E-state index in [1.807, 2.05) is 53.8 Å². The van der Waals surface area contributed by atoms with E-state index in [9.17, 15) is 4.79 Å². The van der Waals surface area contributed by atoms with Gasteiger partial charge in [0.05, 0.1) is 19.7 Å². The van der Waals surface area contributed by atoms with Crippen molar-refractivity contribution in [3.8, 4) is 5.75 Å². The van der Waals surface area contributed by atoms with Crippen LogP contribution in [0.2, 0.25) is 0 Å². The van der Waals surface area contributed by atoms with Crippen LogP contribution in [0.15, 0.2) is 66.0 Å². The van der Waals surface area contributed by atoms with Crippen molar-refractivity contribution in [3.05, 3.63) is 87.6 Å². The van der Waals surface area contributed by atoms with Gasteiger partial charge in [-0.2, -0.15) is 0 Å². The second-order valence-corrected chi connectivity index (χ2v) is 9.49. The molecule has 5 rings (SSSR count). The van der Waals surface area contributed by atoms with E-state index in [2.05, 4.69) is 33.8 Å². The Bertz CT molecular complexity index is 1030. The summed E-state index contributed by atoms with van der Waals surface area (Å²) in [5.74, 6) is 1.59. The second-order valence-electron chi connectivity index (χ2n) is 8.49. The first-order valence-electron chi connectivity index (χ1n) is 11.0. The second kappa shape index (κ2) is 8.85. The molecule has 2 aromatic carbocycles. The van der Waals surface area contributed by atoms with Gasteiger partial charge in [0.15, 0.2) is 0 Å². The minimum Gasteiger partial charge on any atom is -0.497 e. The molecule has 31 heavy (non-hydrogen) atoms. The number of benzene rings is 2. The van der Waals surface area contributed by atoms with Crippen molar-refractivity contribution in [2.24, 2.45) is 5.92 Å². The molecule has 4 nitrogen and oxygen atoms in total. The average Bonchev–Trinajstić information content (AvgIpc) is 3.54. The molecule has 1 aliphatic carbocycles. The summed E-state index contributed by atoms with van der Waals surface area (Å²) in [6.45, 7) is 1.40. The third-order valence-electron chi connectivity index (χ3n) is 6.42. The fourth-order valence-electron chi connectivity index (χ4n) is 4.73. The Morgan fingerprint density at radius 2 is 1.84 bits per heavy atom. The van der Waals surface area contributed by atoms with Crippen molar-refractivity contribution in [1.29, 1.82) is 0 Å².